The number of carbonyl (C=O) groups is 2. The molecule has 1 aliphatic heterocycles. The Morgan fingerprint density at radius 3 is 2.61 bits per heavy atom. The lowest BCUT2D eigenvalue weighted by Crippen LogP contribution is -2.24. The van der Waals surface area contributed by atoms with Crippen LogP contribution in [0.15, 0.2) is 48.5 Å². The summed E-state index contributed by atoms with van der Waals surface area (Å²) in [5, 5.41) is 13.4. The van der Waals surface area contributed by atoms with Crippen molar-refractivity contribution >= 4 is 35.0 Å². The van der Waals surface area contributed by atoms with Crippen LogP contribution in [0, 0.1) is 10.1 Å². The van der Waals surface area contributed by atoms with Gasteiger partial charge in [0, 0.05) is 42.9 Å². The van der Waals surface area contributed by atoms with E-state index in [4.69, 9.17) is 4.74 Å². The molecular weight excluding hydrogens is 362 g/mol. The van der Waals surface area contributed by atoms with Crippen LogP contribution in [0.1, 0.15) is 18.4 Å². The van der Waals surface area contributed by atoms with Crippen molar-refractivity contribution < 1.29 is 19.2 Å². The quantitative estimate of drug-likeness (QED) is 0.469. The Hall–Kier alpha value is -3.68. The molecule has 0 aliphatic carbocycles. The summed E-state index contributed by atoms with van der Waals surface area (Å²) in [7, 11) is 1.51. The highest BCUT2D eigenvalue weighted by Crippen LogP contribution is 2.33. The molecule has 1 saturated heterocycles. The van der Waals surface area contributed by atoms with Gasteiger partial charge in [-0.15, -0.1) is 0 Å². The lowest BCUT2D eigenvalue weighted by molar-refractivity contribution is -0.384. The Labute approximate surface area is 161 Å². The first kappa shape index (κ1) is 19.1. The second kappa shape index (κ2) is 8.34. The molecule has 144 valence electrons. The number of nitro groups is 1. The highest BCUT2D eigenvalue weighted by molar-refractivity contribution is 6.02. The molecule has 1 aliphatic rings. The van der Waals surface area contributed by atoms with E-state index in [2.05, 4.69) is 5.32 Å². The van der Waals surface area contributed by atoms with Gasteiger partial charge in [0.1, 0.15) is 5.75 Å². The third kappa shape index (κ3) is 4.35. The largest absolute Gasteiger partial charge is 0.494 e. The Morgan fingerprint density at radius 2 is 2.00 bits per heavy atom. The van der Waals surface area contributed by atoms with E-state index in [0.29, 0.717) is 35.7 Å². The maximum Gasteiger partial charge on any atom is 0.269 e. The normalized spacial score (nSPS) is 13.8. The number of methoxy groups -OCH3 is 1. The maximum atomic E-state index is 12.1. The van der Waals surface area contributed by atoms with E-state index in [0.717, 1.165) is 6.42 Å². The van der Waals surface area contributed by atoms with Crippen molar-refractivity contribution in [3.8, 4) is 5.75 Å². The van der Waals surface area contributed by atoms with Gasteiger partial charge in [-0.25, -0.2) is 0 Å². The van der Waals surface area contributed by atoms with E-state index in [9.17, 15) is 19.7 Å². The molecule has 0 bridgehead atoms. The van der Waals surface area contributed by atoms with Gasteiger partial charge < -0.3 is 15.0 Å². The van der Waals surface area contributed by atoms with Gasteiger partial charge in [0.25, 0.3) is 5.69 Å². The molecule has 0 radical (unpaired) electrons. The minimum atomic E-state index is -0.479. The number of nitrogens with one attached hydrogen (secondary N) is 1. The highest BCUT2D eigenvalue weighted by Gasteiger charge is 2.24. The fraction of sp³-hybridized carbons (Fsp3) is 0.200. The number of carbonyl (C=O) groups excluding carboxylic acids is 2. The molecule has 2 aromatic carbocycles. The number of hydrogen-bond donors (Lipinski definition) is 1. The molecule has 1 heterocycles. The zero-order valence-corrected chi connectivity index (χ0v) is 15.3. The van der Waals surface area contributed by atoms with Gasteiger partial charge in [0.2, 0.25) is 11.8 Å². The molecule has 2 aromatic rings. The number of benzene rings is 2. The van der Waals surface area contributed by atoms with Crippen molar-refractivity contribution in [3.05, 3.63) is 64.2 Å². The Morgan fingerprint density at radius 1 is 1.25 bits per heavy atom. The predicted molar refractivity (Wildman–Crippen MR) is 105 cm³/mol. The zero-order valence-electron chi connectivity index (χ0n) is 15.3. The van der Waals surface area contributed by atoms with Gasteiger partial charge in [-0.1, -0.05) is 0 Å². The average molecular weight is 381 g/mol. The third-order valence-corrected chi connectivity index (χ3v) is 4.34. The van der Waals surface area contributed by atoms with E-state index < -0.39 is 4.92 Å². The van der Waals surface area contributed by atoms with Gasteiger partial charge in [0.15, 0.2) is 0 Å². The molecule has 1 fully saturated rings. The summed E-state index contributed by atoms with van der Waals surface area (Å²) in [6.45, 7) is 0.652. The smallest absolute Gasteiger partial charge is 0.269 e. The molecule has 8 heteroatoms. The number of nitrogens with zero attached hydrogens (tertiary/aromatic N) is 2. The van der Waals surface area contributed by atoms with Gasteiger partial charge in [-0.05, 0) is 42.3 Å². The molecule has 2 amide bonds. The predicted octanol–water partition coefficient (Wildman–Crippen LogP) is 3.38. The van der Waals surface area contributed by atoms with Gasteiger partial charge in [-0.3, -0.25) is 19.7 Å². The van der Waals surface area contributed by atoms with Gasteiger partial charge in [-0.2, -0.15) is 0 Å². The van der Waals surface area contributed by atoms with Crippen molar-refractivity contribution in [1.29, 1.82) is 0 Å². The molecule has 0 atom stereocenters. The topological polar surface area (TPSA) is 102 Å². The summed E-state index contributed by atoms with van der Waals surface area (Å²) in [6, 6.07) is 11.0. The van der Waals surface area contributed by atoms with E-state index >= 15 is 0 Å². The van der Waals surface area contributed by atoms with Gasteiger partial charge in [0.05, 0.1) is 17.7 Å². The van der Waals surface area contributed by atoms with Crippen LogP contribution >= 0.6 is 0 Å². The van der Waals surface area contributed by atoms with Crippen LogP contribution in [0.5, 0.6) is 5.75 Å². The number of non-ortho nitro benzene ring substituents is 1. The summed E-state index contributed by atoms with van der Waals surface area (Å²) in [5.41, 5.74) is 1.88. The lowest BCUT2D eigenvalue weighted by Gasteiger charge is -2.19. The van der Waals surface area contributed by atoms with Crippen LogP contribution < -0.4 is 15.0 Å². The van der Waals surface area contributed by atoms with Crippen molar-refractivity contribution in [2.45, 2.75) is 12.8 Å². The number of hydrogen-bond acceptors (Lipinski definition) is 5. The van der Waals surface area contributed by atoms with Crippen LogP contribution in [0.2, 0.25) is 0 Å². The first-order valence-corrected chi connectivity index (χ1v) is 8.70. The number of nitro benzene ring substituents is 1. The van der Waals surface area contributed by atoms with Crippen molar-refractivity contribution in [1.82, 2.24) is 0 Å². The molecule has 1 N–H and O–H groups in total. The molecule has 0 unspecified atom stereocenters. The number of ether oxygens (including phenoxy) is 1. The Kier molecular flexibility index (Phi) is 5.69. The fourth-order valence-electron chi connectivity index (χ4n) is 2.94. The second-order valence-electron chi connectivity index (χ2n) is 6.21. The van der Waals surface area contributed by atoms with E-state index in [1.807, 2.05) is 0 Å². The monoisotopic (exact) mass is 381 g/mol. The lowest BCUT2D eigenvalue weighted by atomic mass is 10.2. The van der Waals surface area contributed by atoms with Crippen LogP contribution in [-0.2, 0) is 9.59 Å². The van der Waals surface area contributed by atoms with Crippen LogP contribution in [-0.4, -0.2) is 30.4 Å². The first-order chi connectivity index (χ1) is 13.5. The van der Waals surface area contributed by atoms with Crippen LogP contribution in [0.25, 0.3) is 6.08 Å². The van der Waals surface area contributed by atoms with Crippen molar-refractivity contribution in [2.24, 2.45) is 0 Å². The SMILES string of the molecule is COc1cc(NC(=O)/C=C/c2ccc([N+](=O)[O-])cc2)ccc1N1CCCC1=O. The number of amides is 2. The minimum Gasteiger partial charge on any atom is -0.494 e. The second-order valence-corrected chi connectivity index (χ2v) is 6.21. The van der Waals surface area contributed by atoms with E-state index in [1.54, 1.807) is 41.3 Å². The van der Waals surface area contributed by atoms with Crippen molar-refractivity contribution in [3.63, 3.8) is 0 Å². The highest BCUT2D eigenvalue weighted by atomic mass is 16.6. The molecule has 28 heavy (non-hydrogen) atoms. The molecular formula is C20H19N3O5. The fourth-order valence-corrected chi connectivity index (χ4v) is 2.94. The maximum absolute atomic E-state index is 12.1. The number of rotatable bonds is 6. The summed E-state index contributed by atoms with van der Waals surface area (Å²) in [6.07, 6.45) is 4.24. The van der Waals surface area contributed by atoms with E-state index in [-0.39, 0.29) is 17.5 Å². The Bertz CT molecular complexity index is 937. The molecule has 0 aromatic heterocycles. The molecule has 0 spiro atoms. The molecule has 8 nitrogen and oxygen atoms in total. The molecule has 0 saturated carbocycles. The van der Waals surface area contributed by atoms with E-state index in [1.165, 1.54) is 25.3 Å². The average Bonchev–Trinajstić information content (AvgIpc) is 3.12. The number of anilines is 2. The summed E-state index contributed by atoms with van der Waals surface area (Å²) >= 11 is 0. The summed E-state index contributed by atoms with van der Waals surface area (Å²) < 4.78 is 5.37. The minimum absolute atomic E-state index is 0.00901. The summed E-state index contributed by atoms with van der Waals surface area (Å²) in [5.74, 6) is 0.207. The zero-order chi connectivity index (χ0) is 20.1. The standard InChI is InChI=1S/C20H19N3O5/c1-28-18-13-15(7-10-17(18)22-12-2-3-20(22)25)21-19(24)11-6-14-4-8-16(9-5-14)23(26)27/h4-11,13H,2-3,12H2,1H3,(H,21,24)/b11-6+. The van der Waals surface area contributed by atoms with Crippen LogP contribution in [0.4, 0.5) is 17.1 Å². The third-order valence-electron chi connectivity index (χ3n) is 4.34. The molecule has 3 rings (SSSR count). The van der Waals surface area contributed by atoms with Crippen LogP contribution in [0.3, 0.4) is 0 Å². The van der Waals surface area contributed by atoms with Gasteiger partial charge >= 0.3 is 0 Å². The van der Waals surface area contributed by atoms with Crippen molar-refractivity contribution in [2.75, 3.05) is 23.9 Å². The summed E-state index contributed by atoms with van der Waals surface area (Å²) in [4.78, 5) is 35.9. The Balaban J connectivity index is 1.68. The first-order valence-electron chi connectivity index (χ1n) is 8.70.